The molecule has 2 unspecified atom stereocenters. The first-order valence-corrected chi connectivity index (χ1v) is 8.05. The Bertz CT molecular complexity index is 571. The molecule has 1 aromatic rings. The summed E-state index contributed by atoms with van der Waals surface area (Å²) >= 11 is 0. The number of aromatic nitrogens is 1. The largest absolute Gasteiger partial charge is 0.419 e. The van der Waals surface area contributed by atoms with Gasteiger partial charge < -0.3 is 15.5 Å². The van der Waals surface area contributed by atoms with E-state index in [0.717, 1.165) is 6.07 Å². The summed E-state index contributed by atoms with van der Waals surface area (Å²) in [6, 6.07) is 2.45. The van der Waals surface area contributed by atoms with Gasteiger partial charge in [0.05, 0.1) is 11.5 Å². The van der Waals surface area contributed by atoms with Gasteiger partial charge in [-0.05, 0) is 38.9 Å². The van der Waals surface area contributed by atoms with Crippen molar-refractivity contribution in [3.05, 3.63) is 23.9 Å². The molecule has 0 spiro atoms. The third-order valence-corrected chi connectivity index (χ3v) is 4.26. The molecule has 2 N–H and O–H groups in total. The van der Waals surface area contributed by atoms with Crippen molar-refractivity contribution in [3.8, 4) is 0 Å². The van der Waals surface area contributed by atoms with E-state index < -0.39 is 11.7 Å². The zero-order chi connectivity index (χ0) is 17.7. The molecule has 0 saturated carbocycles. The van der Waals surface area contributed by atoms with Gasteiger partial charge in [0.15, 0.2) is 0 Å². The van der Waals surface area contributed by atoms with Crippen molar-refractivity contribution in [2.75, 3.05) is 31.6 Å². The van der Waals surface area contributed by atoms with Crippen LogP contribution in [-0.4, -0.2) is 43.6 Å². The minimum atomic E-state index is -4.46. The Balaban J connectivity index is 0.00000312. The molecule has 5 nitrogen and oxygen atoms in total. The number of halogens is 4. The Hall–Kier alpha value is -1.54. The quantitative estimate of drug-likeness (QED) is 0.824. The Kier molecular flexibility index (Phi) is 7.95. The van der Waals surface area contributed by atoms with Crippen molar-refractivity contribution in [2.24, 2.45) is 5.92 Å². The van der Waals surface area contributed by atoms with Crippen LogP contribution in [0.1, 0.15) is 25.3 Å². The molecule has 1 amide bonds. The van der Waals surface area contributed by atoms with Gasteiger partial charge in [0, 0.05) is 31.9 Å². The molecule has 1 saturated heterocycles. The summed E-state index contributed by atoms with van der Waals surface area (Å²) in [4.78, 5) is 17.8. The molecule has 1 aliphatic rings. The second-order valence-electron chi connectivity index (χ2n) is 6.09. The first-order valence-electron chi connectivity index (χ1n) is 8.05. The van der Waals surface area contributed by atoms with Crippen LogP contribution in [0.3, 0.4) is 0 Å². The van der Waals surface area contributed by atoms with Crippen molar-refractivity contribution in [2.45, 2.75) is 32.0 Å². The molecule has 1 aliphatic heterocycles. The second-order valence-corrected chi connectivity index (χ2v) is 6.09. The van der Waals surface area contributed by atoms with Crippen LogP contribution in [0.25, 0.3) is 0 Å². The zero-order valence-electron chi connectivity index (χ0n) is 14.3. The van der Waals surface area contributed by atoms with Gasteiger partial charge in [-0.3, -0.25) is 4.79 Å². The molecular formula is C16H24ClF3N4O. The van der Waals surface area contributed by atoms with Crippen molar-refractivity contribution in [1.29, 1.82) is 0 Å². The normalized spacial score (nSPS) is 19.1. The summed E-state index contributed by atoms with van der Waals surface area (Å²) in [6.45, 7) is 3.15. The number of nitrogens with one attached hydrogen (secondary N) is 2. The molecule has 0 bridgehead atoms. The first-order chi connectivity index (χ1) is 11.3. The maximum atomic E-state index is 13.2. The van der Waals surface area contributed by atoms with E-state index in [0.29, 0.717) is 25.9 Å². The summed E-state index contributed by atoms with van der Waals surface area (Å²) in [6.07, 6.45) is -1.78. The molecule has 1 aromatic heterocycles. The molecular weight excluding hydrogens is 357 g/mol. The molecule has 2 heterocycles. The van der Waals surface area contributed by atoms with Crippen LogP contribution in [-0.2, 0) is 11.0 Å². The number of pyridine rings is 1. The molecule has 25 heavy (non-hydrogen) atoms. The van der Waals surface area contributed by atoms with E-state index in [1.807, 2.05) is 6.92 Å². The Morgan fingerprint density at radius 2 is 2.20 bits per heavy atom. The lowest BCUT2D eigenvalue weighted by Crippen LogP contribution is -2.46. The van der Waals surface area contributed by atoms with Crippen LogP contribution in [0.4, 0.5) is 19.0 Å². The van der Waals surface area contributed by atoms with E-state index in [4.69, 9.17) is 0 Å². The lowest BCUT2D eigenvalue weighted by atomic mass is 9.96. The van der Waals surface area contributed by atoms with E-state index in [1.54, 1.807) is 11.9 Å². The smallest absolute Gasteiger partial charge is 0.355 e. The van der Waals surface area contributed by atoms with Crippen molar-refractivity contribution in [3.63, 3.8) is 0 Å². The summed E-state index contributed by atoms with van der Waals surface area (Å²) in [5.41, 5.74) is -0.755. The van der Waals surface area contributed by atoms with Gasteiger partial charge in [0.25, 0.3) is 0 Å². The van der Waals surface area contributed by atoms with Gasteiger partial charge in [-0.2, -0.15) is 13.2 Å². The average Bonchev–Trinajstić information content (AvgIpc) is 2.58. The summed E-state index contributed by atoms with van der Waals surface area (Å²) in [5, 5.41) is 5.87. The SMILES string of the molecule is CNC(C)CNC(=O)C1CCCN(c2ncccc2C(F)(F)F)C1.Cl. The van der Waals surface area contributed by atoms with Crippen LogP contribution >= 0.6 is 12.4 Å². The van der Waals surface area contributed by atoms with Crippen molar-refractivity contribution >= 4 is 24.1 Å². The number of carbonyl (C=O) groups is 1. The third-order valence-electron chi connectivity index (χ3n) is 4.26. The topological polar surface area (TPSA) is 57.3 Å². The van der Waals surface area contributed by atoms with Crippen molar-refractivity contribution in [1.82, 2.24) is 15.6 Å². The van der Waals surface area contributed by atoms with Crippen molar-refractivity contribution < 1.29 is 18.0 Å². The number of carbonyl (C=O) groups excluding carboxylic acids is 1. The number of likely N-dealkylation sites (N-methyl/N-ethyl adjacent to an activating group) is 1. The fourth-order valence-electron chi connectivity index (χ4n) is 2.75. The minimum absolute atomic E-state index is 0. The molecule has 1 fully saturated rings. The van der Waals surface area contributed by atoms with E-state index in [2.05, 4.69) is 15.6 Å². The highest BCUT2D eigenvalue weighted by molar-refractivity contribution is 5.85. The van der Waals surface area contributed by atoms with Crippen LogP contribution < -0.4 is 15.5 Å². The number of rotatable bonds is 5. The van der Waals surface area contributed by atoms with Crippen LogP contribution in [0.5, 0.6) is 0 Å². The lowest BCUT2D eigenvalue weighted by Gasteiger charge is -2.34. The van der Waals surface area contributed by atoms with Gasteiger partial charge >= 0.3 is 6.18 Å². The molecule has 2 rings (SSSR count). The maximum absolute atomic E-state index is 13.2. The first kappa shape index (κ1) is 21.5. The number of amides is 1. The molecule has 2 atom stereocenters. The van der Waals surface area contributed by atoms with Crippen LogP contribution in [0.2, 0.25) is 0 Å². The van der Waals surface area contributed by atoms with Gasteiger partial charge in [-0.1, -0.05) is 0 Å². The number of alkyl halides is 3. The highest BCUT2D eigenvalue weighted by atomic mass is 35.5. The standard InChI is InChI=1S/C16H23F3N4O.ClH/c1-11(20-2)9-22-15(24)12-5-4-8-23(10-12)14-13(16(17,18)19)6-3-7-21-14;/h3,6-7,11-12,20H,4-5,8-10H2,1-2H3,(H,22,24);1H. The zero-order valence-corrected chi connectivity index (χ0v) is 15.1. The number of nitrogens with zero attached hydrogens (tertiary/aromatic N) is 2. The third kappa shape index (κ3) is 5.74. The van der Waals surface area contributed by atoms with Crippen LogP contribution in [0.15, 0.2) is 18.3 Å². The van der Waals surface area contributed by atoms with E-state index >= 15 is 0 Å². The number of piperidine rings is 1. The number of anilines is 1. The molecule has 0 aromatic carbocycles. The number of hydrogen-bond donors (Lipinski definition) is 2. The molecule has 9 heteroatoms. The highest BCUT2D eigenvalue weighted by Gasteiger charge is 2.37. The fraction of sp³-hybridized carbons (Fsp3) is 0.625. The average molecular weight is 381 g/mol. The lowest BCUT2D eigenvalue weighted by molar-refractivity contribution is -0.137. The molecule has 142 valence electrons. The fourth-order valence-corrected chi connectivity index (χ4v) is 2.75. The highest BCUT2D eigenvalue weighted by Crippen LogP contribution is 2.36. The van der Waals surface area contributed by atoms with E-state index in [1.165, 1.54) is 12.3 Å². The Morgan fingerprint density at radius 1 is 1.48 bits per heavy atom. The Morgan fingerprint density at radius 3 is 2.84 bits per heavy atom. The van der Waals surface area contributed by atoms with E-state index in [-0.39, 0.29) is 42.6 Å². The Labute approximate surface area is 151 Å². The molecule has 0 radical (unpaired) electrons. The van der Waals surface area contributed by atoms with Gasteiger partial charge in [-0.25, -0.2) is 4.98 Å². The second kappa shape index (κ2) is 9.24. The van der Waals surface area contributed by atoms with Crippen LogP contribution in [0, 0.1) is 5.92 Å². The monoisotopic (exact) mass is 380 g/mol. The summed E-state index contributed by atoms with van der Waals surface area (Å²) in [5.74, 6) is -0.539. The minimum Gasteiger partial charge on any atom is -0.355 e. The summed E-state index contributed by atoms with van der Waals surface area (Å²) in [7, 11) is 1.80. The van der Waals surface area contributed by atoms with Gasteiger partial charge in [-0.15, -0.1) is 12.4 Å². The predicted octanol–water partition coefficient (Wildman–Crippen LogP) is 2.46. The maximum Gasteiger partial charge on any atom is 0.419 e. The summed E-state index contributed by atoms with van der Waals surface area (Å²) < 4.78 is 39.5. The number of hydrogen-bond acceptors (Lipinski definition) is 4. The predicted molar refractivity (Wildman–Crippen MR) is 93.0 cm³/mol. The van der Waals surface area contributed by atoms with E-state index in [9.17, 15) is 18.0 Å². The van der Waals surface area contributed by atoms with Gasteiger partial charge in [0.1, 0.15) is 5.82 Å². The molecule has 0 aliphatic carbocycles. The van der Waals surface area contributed by atoms with Gasteiger partial charge in [0.2, 0.25) is 5.91 Å².